The Hall–Kier alpha value is -3.89. The number of carbonyl (C=O) groups is 2. The molecule has 0 unspecified atom stereocenters. The number of sulfonamides is 1. The lowest BCUT2D eigenvalue weighted by Gasteiger charge is -2.11. The van der Waals surface area contributed by atoms with Crippen LogP contribution in [0.25, 0.3) is 0 Å². The fraction of sp³-hybridized carbons (Fsp3) is 0.200. The van der Waals surface area contributed by atoms with Crippen LogP contribution in [0, 0.1) is 13.8 Å². The summed E-state index contributed by atoms with van der Waals surface area (Å²) >= 11 is 0. The maximum atomic E-state index is 12.7. The van der Waals surface area contributed by atoms with Gasteiger partial charge in [0.1, 0.15) is 6.61 Å². The molecule has 2 amide bonds. The molecule has 0 aliphatic rings. The van der Waals surface area contributed by atoms with Gasteiger partial charge in [-0.2, -0.15) is 0 Å². The van der Waals surface area contributed by atoms with Crippen LogP contribution >= 0.6 is 0 Å². The zero-order valence-corrected chi connectivity index (χ0v) is 20.4. The quantitative estimate of drug-likeness (QED) is 0.373. The first kappa shape index (κ1) is 25.7. The highest BCUT2D eigenvalue weighted by molar-refractivity contribution is 7.92. The minimum Gasteiger partial charge on any atom is -0.447 e. The molecule has 0 fully saturated rings. The zero-order chi connectivity index (χ0) is 25.4. The molecule has 9 nitrogen and oxygen atoms in total. The summed E-state index contributed by atoms with van der Waals surface area (Å²) in [6.45, 7) is 4.17. The number of anilines is 3. The van der Waals surface area contributed by atoms with Crippen molar-refractivity contribution in [3.05, 3.63) is 83.4 Å². The van der Waals surface area contributed by atoms with Crippen LogP contribution < -0.4 is 15.4 Å². The van der Waals surface area contributed by atoms with Gasteiger partial charge in [0.25, 0.3) is 15.9 Å². The first-order valence-corrected chi connectivity index (χ1v) is 12.2. The summed E-state index contributed by atoms with van der Waals surface area (Å²) < 4.78 is 37.6. The molecule has 0 radical (unpaired) electrons. The molecule has 0 heterocycles. The summed E-state index contributed by atoms with van der Waals surface area (Å²) in [6, 6.07) is 17.6. The van der Waals surface area contributed by atoms with Gasteiger partial charge >= 0.3 is 6.09 Å². The maximum absolute atomic E-state index is 12.7. The third-order valence-corrected chi connectivity index (χ3v) is 6.45. The molecule has 0 spiro atoms. The van der Waals surface area contributed by atoms with Gasteiger partial charge in [-0.3, -0.25) is 14.8 Å². The fourth-order valence-electron chi connectivity index (χ4n) is 3.03. The molecule has 35 heavy (non-hydrogen) atoms. The van der Waals surface area contributed by atoms with Crippen LogP contribution in [0.3, 0.4) is 0 Å². The molecule has 0 bridgehead atoms. The van der Waals surface area contributed by atoms with Gasteiger partial charge in [0, 0.05) is 29.7 Å². The van der Waals surface area contributed by atoms with Crippen molar-refractivity contribution in [2.24, 2.45) is 0 Å². The molecule has 0 saturated heterocycles. The van der Waals surface area contributed by atoms with Crippen molar-refractivity contribution < 1.29 is 27.5 Å². The van der Waals surface area contributed by atoms with Gasteiger partial charge in [-0.15, -0.1) is 0 Å². The summed E-state index contributed by atoms with van der Waals surface area (Å²) in [4.78, 5) is 24.6. The lowest BCUT2D eigenvalue weighted by Crippen LogP contribution is -2.17. The minimum atomic E-state index is -3.76. The normalized spacial score (nSPS) is 10.9. The van der Waals surface area contributed by atoms with E-state index in [1.807, 2.05) is 13.8 Å². The molecule has 0 aromatic heterocycles. The highest BCUT2D eigenvalue weighted by Gasteiger charge is 2.15. The minimum absolute atomic E-state index is 0.121. The largest absolute Gasteiger partial charge is 0.447 e. The van der Waals surface area contributed by atoms with E-state index < -0.39 is 22.0 Å². The number of aryl methyl sites for hydroxylation is 2. The Morgan fingerprint density at radius 1 is 0.800 bits per heavy atom. The molecular weight excluding hydrogens is 470 g/mol. The summed E-state index contributed by atoms with van der Waals surface area (Å²) in [5, 5.41) is 5.31. The molecular formula is C25H27N3O6S. The summed E-state index contributed by atoms with van der Waals surface area (Å²) in [6.07, 6.45) is -0.635. The predicted molar refractivity (Wildman–Crippen MR) is 134 cm³/mol. The van der Waals surface area contributed by atoms with Gasteiger partial charge < -0.3 is 14.8 Å². The van der Waals surface area contributed by atoms with E-state index in [1.165, 1.54) is 31.4 Å². The van der Waals surface area contributed by atoms with Gasteiger partial charge in [0.2, 0.25) is 0 Å². The Labute approximate surface area is 204 Å². The van der Waals surface area contributed by atoms with Crippen LogP contribution in [-0.4, -0.2) is 40.7 Å². The Bertz CT molecular complexity index is 1310. The first-order valence-electron chi connectivity index (χ1n) is 10.7. The van der Waals surface area contributed by atoms with Crippen LogP contribution in [0.15, 0.2) is 71.6 Å². The molecule has 3 aromatic carbocycles. The number of ether oxygens (including phenoxy) is 2. The Morgan fingerprint density at radius 3 is 2.14 bits per heavy atom. The SMILES string of the molecule is COCCOC(=O)Nc1cccc(NC(=O)c2ccc(NS(=O)(=O)c3ccc(C)c(C)c3)cc2)c1. The van der Waals surface area contributed by atoms with Gasteiger partial charge in [-0.25, -0.2) is 13.2 Å². The molecule has 10 heteroatoms. The van der Waals surface area contributed by atoms with E-state index in [1.54, 1.807) is 42.5 Å². The van der Waals surface area contributed by atoms with E-state index in [2.05, 4.69) is 15.4 Å². The summed E-state index contributed by atoms with van der Waals surface area (Å²) in [7, 11) is -2.25. The Morgan fingerprint density at radius 2 is 1.49 bits per heavy atom. The number of hydrogen-bond acceptors (Lipinski definition) is 6. The van der Waals surface area contributed by atoms with Gasteiger partial charge in [-0.05, 0) is 79.6 Å². The van der Waals surface area contributed by atoms with Crippen molar-refractivity contribution in [1.82, 2.24) is 0 Å². The second kappa shape index (κ2) is 11.5. The number of carbonyl (C=O) groups excluding carboxylic acids is 2. The highest BCUT2D eigenvalue weighted by Crippen LogP contribution is 2.20. The monoisotopic (exact) mass is 497 g/mol. The van der Waals surface area contributed by atoms with Crippen LogP contribution in [-0.2, 0) is 19.5 Å². The van der Waals surface area contributed by atoms with Gasteiger partial charge in [0.15, 0.2) is 0 Å². The first-order chi connectivity index (χ1) is 16.7. The number of nitrogens with one attached hydrogen (secondary N) is 3. The number of rotatable bonds is 9. The second-order valence-electron chi connectivity index (χ2n) is 7.72. The van der Waals surface area contributed by atoms with E-state index in [-0.39, 0.29) is 18.1 Å². The van der Waals surface area contributed by atoms with E-state index in [0.717, 1.165) is 11.1 Å². The van der Waals surface area contributed by atoms with E-state index in [0.29, 0.717) is 22.6 Å². The van der Waals surface area contributed by atoms with Gasteiger partial charge in [0.05, 0.1) is 11.5 Å². The molecule has 0 aliphatic heterocycles. The maximum Gasteiger partial charge on any atom is 0.411 e. The topological polar surface area (TPSA) is 123 Å². The lowest BCUT2D eigenvalue weighted by atomic mass is 10.1. The summed E-state index contributed by atoms with van der Waals surface area (Å²) in [5.74, 6) is -0.395. The van der Waals surface area contributed by atoms with Crippen molar-refractivity contribution in [3.8, 4) is 0 Å². The summed E-state index contributed by atoms with van der Waals surface area (Å²) in [5.41, 5.74) is 3.45. The smallest absolute Gasteiger partial charge is 0.411 e. The fourth-order valence-corrected chi connectivity index (χ4v) is 4.18. The molecule has 3 rings (SSSR count). The van der Waals surface area contributed by atoms with Crippen molar-refractivity contribution in [2.75, 3.05) is 35.7 Å². The molecule has 0 aliphatic carbocycles. The second-order valence-corrected chi connectivity index (χ2v) is 9.40. The zero-order valence-electron chi connectivity index (χ0n) is 19.6. The third kappa shape index (κ3) is 7.29. The van der Waals surface area contributed by atoms with Crippen molar-refractivity contribution in [1.29, 1.82) is 0 Å². The molecule has 3 N–H and O–H groups in total. The molecule has 0 atom stereocenters. The molecule has 3 aromatic rings. The van der Waals surface area contributed by atoms with Crippen LogP contribution in [0.2, 0.25) is 0 Å². The number of hydrogen-bond donors (Lipinski definition) is 3. The van der Waals surface area contributed by atoms with Crippen molar-refractivity contribution in [2.45, 2.75) is 18.7 Å². The van der Waals surface area contributed by atoms with Crippen molar-refractivity contribution in [3.63, 3.8) is 0 Å². The van der Waals surface area contributed by atoms with Crippen LogP contribution in [0.4, 0.5) is 21.9 Å². The standard InChI is InChI=1S/C25H27N3O6S/c1-17-7-12-23(15-18(17)2)35(31,32)28-20-10-8-19(9-11-20)24(29)26-21-5-4-6-22(16-21)27-25(30)34-14-13-33-3/h4-12,15-16,28H,13-14H2,1-3H3,(H,26,29)(H,27,30). The molecule has 0 saturated carbocycles. The molecule has 184 valence electrons. The van der Waals surface area contributed by atoms with E-state index in [4.69, 9.17) is 9.47 Å². The highest BCUT2D eigenvalue weighted by atomic mass is 32.2. The Balaban J connectivity index is 1.62. The number of benzene rings is 3. The average Bonchev–Trinajstić information content (AvgIpc) is 2.81. The average molecular weight is 498 g/mol. The van der Waals surface area contributed by atoms with Gasteiger partial charge in [-0.1, -0.05) is 12.1 Å². The van der Waals surface area contributed by atoms with E-state index in [9.17, 15) is 18.0 Å². The number of amides is 2. The van der Waals surface area contributed by atoms with E-state index >= 15 is 0 Å². The Kier molecular flexibility index (Phi) is 8.45. The lowest BCUT2D eigenvalue weighted by molar-refractivity contribution is 0.102. The van der Waals surface area contributed by atoms with Crippen LogP contribution in [0.5, 0.6) is 0 Å². The number of methoxy groups -OCH3 is 1. The predicted octanol–water partition coefficient (Wildman–Crippen LogP) is 4.55. The van der Waals surface area contributed by atoms with Crippen LogP contribution in [0.1, 0.15) is 21.5 Å². The third-order valence-electron chi connectivity index (χ3n) is 5.08. The van der Waals surface area contributed by atoms with Crippen molar-refractivity contribution >= 4 is 39.1 Å².